The van der Waals surface area contributed by atoms with Gasteiger partial charge >= 0.3 is 12.3 Å². The summed E-state index contributed by atoms with van der Waals surface area (Å²) in [5.74, 6) is 0.282. The molecule has 2 fully saturated rings. The number of ether oxygens (including phenoxy) is 1. The SMILES string of the molecule is CC(C)(C)OC(=O)N1CC2(C1)CN(c1ncc(C(F)(F)F)cn1)C2. The van der Waals surface area contributed by atoms with E-state index in [9.17, 15) is 18.0 Å². The molecular weight excluding hydrogens is 325 g/mol. The Bertz CT molecular complexity index is 626. The van der Waals surface area contributed by atoms with Crippen molar-refractivity contribution in [2.45, 2.75) is 32.5 Å². The molecule has 3 heterocycles. The summed E-state index contributed by atoms with van der Waals surface area (Å²) in [4.78, 5) is 22.9. The number of carbonyl (C=O) groups is 1. The fourth-order valence-electron chi connectivity index (χ4n) is 2.95. The predicted molar refractivity (Wildman–Crippen MR) is 79.5 cm³/mol. The lowest BCUT2D eigenvalue weighted by Gasteiger charge is -2.59. The fraction of sp³-hybridized carbons (Fsp3) is 0.667. The highest BCUT2D eigenvalue weighted by atomic mass is 19.4. The Hall–Kier alpha value is -2.06. The van der Waals surface area contributed by atoms with Gasteiger partial charge in [0, 0.05) is 44.0 Å². The molecule has 0 saturated carbocycles. The lowest BCUT2D eigenvalue weighted by molar-refractivity contribution is -0.138. The van der Waals surface area contributed by atoms with E-state index in [-0.39, 0.29) is 17.5 Å². The zero-order valence-corrected chi connectivity index (χ0v) is 13.7. The van der Waals surface area contributed by atoms with Gasteiger partial charge in [-0.1, -0.05) is 0 Å². The van der Waals surface area contributed by atoms with E-state index in [1.807, 2.05) is 25.7 Å². The molecule has 0 aliphatic carbocycles. The number of alkyl halides is 3. The van der Waals surface area contributed by atoms with Crippen LogP contribution >= 0.6 is 0 Å². The number of amides is 1. The molecule has 2 aliphatic heterocycles. The number of hydrogen-bond donors (Lipinski definition) is 0. The van der Waals surface area contributed by atoms with Gasteiger partial charge in [0.05, 0.1) is 5.56 Å². The third-order valence-corrected chi connectivity index (χ3v) is 4.01. The molecule has 6 nitrogen and oxygen atoms in total. The maximum Gasteiger partial charge on any atom is 0.419 e. The van der Waals surface area contributed by atoms with Crippen molar-refractivity contribution in [1.29, 1.82) is 0 Å². The zero-order chi connectivity index (χ0) is 17.8. The number of carbonyl (C=O) groups excluding carboxylic acids is 1. The first kappa shape index (κ1) is 16.8. The van der Waals surface area contributed by atoms with Crippen molar-refractivity contribution in [3.05, 3.63) is 18.0 Å². The topological polar surface area (TPSA) is 58.6 Å². The molecule has 0 atom stereocenters. The maximum absolute atomic E-state index is 12.5. The monoisotopic (exact) mass is 344 g/mol. The van der Waals surface area contributed by atoms with E-state index in [4.69, 9.17) is 4.74 Å². The van der Waals surface area contributed by atoms with Crippen molar-refractivity contribution in [2.75, 3.05) is 31.1 Å². The summed E-state index contributed by atoms with van der Waals surface area (Å²) in [5, 5.41) is 0. The number of halogens is 3. The van der Waals surface area contributed by atoms with Crippen LogP contribution in [0.2, 0.25) is 0 Å². The second-order valence-electron chi connectivity index (χ2n) is 7.46. The van der Waals surface area contributed by atoms with Gasteiger partial charge < -0.3 is 14.5 Å². The van der Waals surface area contributed by atoms with Crippen molar-refractivity contribution in [3.8, 4) is 0 Å². The van der Waals surface area contributed by atoms with Gasteiger partial charge in [-0.3, -0.25) is 0 Å². The Morgan fingerprint density at radius 3 is 2.12 bits per heavy atom. The molecule has 1 amide bonds. The smallest absolute Gasteiger partial charge is 0.419 e. The first-order chi connectivity index (χ1) is 11.0. The van der Waals surface area contributed by atoms with E-state index in [0.29, 0.717) is 26.2 Å². The van der Waals surface area contributed by atoms with Crippen molar-refractivity contribution in [1.82, 2.24) is 14.9 Å². The van der Waals surface area contributed by atoms with Crippen LogP contribution in [0.1, 0.15) is 26.3 Å². The zero-order valence-electron chi connectivity index (χ0n) is 13.7. The molecule has 132 valence electrons. The molecule has 24 heavy (non-hydrogen) atoms. The number of likely N-dealkylation sites (tertiary alicyclic amines) is 1. The third kappa shape index (κ3) is 3.25. The van der Waals surface area contributed by atoms with Crippen LogP contribution in [-0.4, -0.2) is 52.7 Å². The average molecular weight is 344 g/mol. The molecule has 2 saturated heterocycles. The number of anilines is 1. The van der Waals surface area contributed by atoms with E-state index in [1.54, 1.807) is 4.90 Å². The van der Waals surface area contributed by atoms with E-state index in [0.717, 1.165) is 12.4 Å². The van der Waals surface area contributed by atoms with Gasteiger partial charge in [0.15, 0.2) is 0 Å². The van der Waals surface area contributed by atoms with Gasteiger partial charge in [-0.25, -0.2) is 14.8 Å². The van der Waals surface area contributed by atoms with E-state index >= 15 is 0 Å². The van der Waals surface area contributed by atoms with Gasteiger partial charge in [0.2, 0.25) is 5.95 Å². The second-order valence-corrected chi connectivity index (χ2v) is 7.46. The maximum atomic E-state index is 12.5. The molecule has 1 aromatic heterocycles. The molecule has 0 unspecified atom stereocenters. The van der Waals surface area contributed by atoms with Crippen LogP contribution in [0.25, 0.3) is 0 Å². The van der Waals surface area contributed by atoms with E-state index in [1.165, 1.54) is 0 Å². The predicted octanol–water partition coefficient (Wildman–Crippen LogP) is 2.55. The van der Waals surface area contributed by atoms with Gasteiger partial charge in [-0.2, -0.15) is 13.2 Å². The minimum atomic E-state index is -4.43. The Labute approximate surface area is 137 Å². The lowest BCUT2D eigenvalue weighted by Crippen LogP contribution is -2.73. The highest BCUT2D eigenvalue weighted by Crippen LogP contribution is 2.41. The number of rotatable bonds is 1. The van der Waals surface area contributed by atoms with Gasteiger partial charge in [-0.05, 0) is 20.8 Å². The molecular formula is C15H19F3N4O2. The largest absolute Gasteiger partial charge is 0.444 e. The number of aromatic nitrogens is 2. The Morgan fingerprint density at radius 2 is 1.67 bits per heavy atom. The average Bonchev–Trinajstić information content (AvgIpc) is 2.32. The summed E-state index contributed by atoms with van der Waals surface area (Å²) in [6, 6.07) is 0. The Kier molecular flexibility index (Phi) is 3.65. The summed E-state index contributed by atoms with van der Waals surface area (Å²) in [5.41, 5.74) is -1.41. The van der Waals surface area contributed by atoms with Gasteiger partial charge in [0.1, 0.15) is 5.60 Å². The van der Waals surface area contributed by atoms with Crippen LogP contribution in [0.4, 0.5) is 23.9 Å². The molecule has 1 aromatic rings. The summed E-state index contributed by atoms with van der Waals surface area (Å²) < 4.78 is 42.8. The normalized spacial score (nSPS) is 19.8. The van der Waals surface area contributed by atoms with Crippen LogP contribution < -0.4 is 4.90 Å². The van der Waals surface area contributed by atoms with Gasteiger partial charge in [0.25, 0.3) is 0 Å². The summed E-state index contributed by atoms with van der Waals surface area (Å²) in [6.45, 7) is 7.85. The standard InChI is InChI=1S/C15H19F3N4O2/c1-13(2,3)24-12(23)22-8-14(9-22)6-21(7-14)11-19-4-10(5-20-11)15(16,17)18/h4-5H,6-9H2,1-3H3. The van der Waals surface area contributed by atoms with Crippen molar-refractivity contribution < 1.29 is 22.7 Å². The third-order valence-electron chi connectivity index (χ3n) is 4.01. The summed E-state index contributed by atoms with van der Waals surface area (Å²) >= 11 is 0. The molecule has 0 N–H and O–H groups in total. The molecule has 2 aliphatic rings. The number of hydrogen-bond acceptors (Lipinski definition) is 5. The van der Waals surface area contributed by atoms with Gasteiger partial charge in [-0.15, -0.1) is 0 Å². The second kappa shape index (κ2) is 5.22. The van der Waals surface area contributed by atoms with Crippen LogP contribution in [0.15, 0.2) is 12.4 Å². The molecule has 0 aromatic carbocycles. The van der Waals surface area contributed by atoms with Crippen LogP contribution in [0.5, 0.6) is 0 Å². The lowest BCUT2D eigenvalue weighted by atomic mass is 9.73. The summed E-state index contributed by atoms with van der Waals surface area (Å²) in [7, 11) is 0. The minimum Gasteiger partial charge on any atom is -0.444 e. The fourth-order valence-corrected chi connectivity index (χ4v) is 2.95. The van der Waals surface area contributed by atoms with Crippen LogP contribution in [0, 0.1) is 5.41 Å². The van der Waals surface area contributed by atoms with Crippen molar-refractivity contribution >= 4 is 12.0 Å². The van der Waals surface area contributed by atoms with Crippen molar-refractivity contribution in [3.63, 3.8) is 0 Å². The summed E-state index contributed by atoms with van der Waals surface area (Å²) in [6.07, 6.45) is -3.18. The molecule has 9 heteroatoms. The first-order valence-electron chi connectivity index (χ1n) is 7.60. The van der Waals surface area contributed by atoms with E-state index in [2.05, 4.69) is 9.97 Å². The quantitative estimate of drug-likeness (QED) is 0.784. The molecule has 0 radical (unpaired) electrons. The molecule has 1 spiro atoms. The minimum absolute atomic E-state index is 0.0248. The Morgan fingerprint density at radius 1 is 1.12 bits per heavy atom. The highest BCUT2D eigenvalue weighted by molar-refractivity contribution is 5.70. The molecule has 0 bridgehead atoms. The molecule has 3 rings (SSSR count). The van der Waals surface area contributed by atoms with E-state index < -0.39 is 17.3 Å². The van der Waals surface area contributed by atoms with Crippen LogP contribution in [-0.2, 0) is 10.9 Å². The highest BCUT2D eigenvalue weighted by Gasteiger charge is 2.54. The van der Waals surface area contributed by atoms with Crippen LogP contribution in [0.3, 0.4) is 0 Å². The number of nitrogens with zero attached hydrogens (tertiary/aromatic N) is 4. The van der Waals surface area contributed by atoms with Crippen molar-refractivity contribution in [2.24, 2.45) is 5.41 Å². The first-order valence-corrected chi connectivity index (χ1v) is 7.60. The Balaban J connectivity index is 1.51.